The molecule has 1 aliphatic carbocycles. The summed E-state index contributed by atoms with van der Waals surface area (Å²) in [5.74, 6) is 0.520. The number of nitrogens with one attached hydrogen (secondary N) is 1. The lowest BCUT2D eigenvalue weighted by atomic mass is 10.1. The van der Waals surface area contributed by atoms with E-state index in [2.05, 4.69) is 5.32 Å². The van der Waals surface area contributed by atoms with Crippen molar-refractivity contribution in [2.45, 2.75) is 31.5 Å². The Hall–Kier alpha value is -1.17. The zero-order chi connectivity index (χ0) is 14.4. The summed E-state index contributed by atoms with van der Waals surface area (Å²) >= 11 is 0. The van der Waals surface area contributed by atoms with Crippen molar-refractivity contribution < 1.29 is 19.3 Å². The molecule has 112 valence electrons. The summed E-state index contributed by atoms with van der Waals surface area (Å²) < 4.78 is 18.1. The third-order valence-corrected chi connectivity index (χ3v) is 3.66. The van der Waals surface area contributed by atoms with Crippen LogP contribution in [0.4, 0.5) is 4.39 Å². The Morgan fingerprint density at radius 2 is 2.05 bits per heavy atom. The van der Waals surface area contributed by atoms with Gasteiger partial charge in [0.2, 0.25) is 0 Å². The average Bonchev–Trinajstić information content (AvgIpc) is 2.84. The molecule has 0 heterocycles. The standard InChI is InChI=1S/C15H22FNO3/c16-12-4-6-14(7-5-12)20-10-13(18)9-17-8-11-2-1-3-15(11)19/h4-7,11,13,15,17-19H,1-3,8-10H2. The number of halogens is 1. The van der Waals surface area contributed by atoms with E-state index < -0.39 is 6.10 Å². The van der Waals surface area contributed by atoms with E-state index in [9.17, 15) is 14.6 Å². The van der Waals surface area contributed by atoms with Gasteiger partial charge in [-0.1, -0.05) is 6.42 Å². The van der Waals surface area contributed by atoms with Crippen molar-refractivity contribution in [3.63, 3.8) is 0 Å². The van der Waals surface area contributed by atoms with E-state index in [0.717, 1.165) is 25.8 Å². The van der Waals surface area contributed by atoms with Gasteiger partial charge in [-0.05, 0) is 43.0 Å². The van der Waals surface area contributed by atoms with Crippen molar-refractivity contribution in [2.24, 2.45) is 5.92 Å². The lowest BCUT2D eigenvalue weighted by Gasteiger charge is -2.17. The Balaban J connectivity index is 1.60. The molecular weight excluding hydrogens is 261 g/mol. The Labute approximate surface area is 118 Å². The molecule has 1 fully saturated rings. The molecule has 0 radical (unpaired) electrons. The van der Waals surface area contributed by atoms with Crippen LogP contribution in [-0.2, 0) is 0 Å². The first-order valence-corrected chi connectivity index (χ1v) is 7.10. The van der Waals surface area contributed by atoms with E-state index in [0.29, 0.717) is 18.2 Å². The van der Waals surface area contributed by atoms with Crippen LogP contribution in [-0.4, -0.2) is 42.1 Å². The fourth-order valence-corrected chi connectivity index (χ4v) is 2.47. The quantitative estimate of drug-likeness (QED) is 0.706. The maximum atomic E-state index is 12.7. The van der Waals surface area contributed by atoms with Crippen molar-refractivity contribution in [1.29, 1.82) is 0 Å². The summed E-state index contributed by atoms with van der Waals surface area (Å²) in [6.07, 6.45) is 2.15. The van der Waals surface area contributed by atoms with E-state index in [1.807, 2.05) is 0 Å². The first-order valence-electron chi connectivity index (χ1n) is 7.10. The molecule has 1 saturated carbocycles. The summed E-state index contributed by atoms with van der Waals surface area (Å²) in [6, 6.07) is 5.71. The van der Waals surface area contributed by atoms with E-state index in [1.54, 1.807) is 0 Å². The molecule has 1 aromatic carbocycles. The third-order valence-electron chi connectivity index (χ3n) is 3.66. The molecular formula is C15H22FNO3. The predicted octanol–water partition coefficient (Wildman–Crippen LogP) is 1.32. The van der Waals surface area contributed by atoms with Crippen LogP contribution >= 0.6 is 0 Å². The number of aliphatic hydroxyl groups excluding tert-OH is 2. The van der Waals surface area contributed by atoms with Crippen LogP contribution < -0.4 is 10.1 Å². The van der Waals surface area contributed by atoms with Crippen molar-refractivity contribution in [1.82, 2.24) is 5.32 Å². The van der Waals surface area contributed by atoms with Crippen LogP contribution in [0, 0.1) is 11.7 Å². The monoisotopic (exact) mass is 283 g/mol. The highest BCUT2D eigenvalue weighted by atomic mass is 19.1. The van der Waals surface area contributed by atoms with Gasteiger partial charge in [-0.25, -0.2) is 4.39 Å². The summed E-state index contributed by atoms with van der Waals surface area (Å²) in [5.41, 5.74) is 0. The highest BCUT2D eigenvalue weighted by Crippen LogP contribution is 2.24. The van der Waals surface area contributed by atoms with E-state index in [-0.39, 0.29) is 18.5 Å². The Morgan fingerprint density at radius 3 is 2.70 bits per heavy atom. The van der Waals surface area contributed by atoms with Crippen LogP contribution in [0.5, 0.6) is 5.75 Å². The predicted molar refractivity (Wildman–Crippen MR) is 74.1 cm³/mol. The SMILES string of the molecule is OC(CNCC1CCCC1O)COc1ccc(F)cc1. The molecule has 0 aromatic heterocycles. The maximum absolute atomic E-state index is 12.7. The van der Waals surface area contributed by atoms with Crippen molar-refractivity contribution in [3.05, 3.63) is 30.1 Å². The van der Waals surface area contributed by atoms with Gasteiger partial charge in [-0.3, -0.25) is 0 Å². The molecule has 3 unspecified atom stereocenters. The van der Waals surface area contributed by atoms with E-state index >= 15 is 0 Å². The van der Waals surface area contributed by atoms with Gasteiger partial charge >= 0.3 is 0 Å². The summed E-state index contributed by atoms with van der Waals surface area (Å²) in [7, 11) is 0. The lowest BCUT2D eigenvalue weighted by molar-refractivity contribution is 0.0980. The Morgan fingerprint density at radius 1 is 1.30 bits per heavy atom. The van der Waals surface area contributed by atoms with Crippen LogP contribution in [0.25, 0.3) is 0 Å². The smallest absolute Gasteiger partial charge is 0.123 e. The van der Waals surface area contributed by atoms with Gasteiger partial charge in [0, 0.05) is 13.1 Å². The summed E-state index contributed by atoms with van der Waals surface area (Å²) in [5, 5.41) is 22.6. The molecule has 3 N–H and O–H groups in total. The molecule has 0 amide bonds. The zero-order valence-electron chi connectivity index (χ0n) is 11.5. The summed E-state index contributed by atoms with van der Waals surface area (Å²) in [4.78, 5) is 0. The number of rotatable bonds is 7. The molecule has 3 atom stereocenters. The van der Waals surface area contributed by atoms with Crippen LogP contribution in [0.15, 0.2) is 24.3 Å². The second-order valence-electron chi connectivity index (χ2n) is 5.34. The lowest BCUT2D eigenvalue weighted by Crippen LogP contribution is -2.35. The minimum Gasteiger partial charge on any atom is -0.491 e. The number of benzene rings is 1. The molecule has 1 aromatic rings. The fraction of sp³-hybridized carbons (Fsp3) is 0.600. The number of ether oxygens (including phenoxy) is 1. The molecule has 0 spiro atoms. The van der Waals surface area contributed by atoms with Crippen LogP contribution in [0.3, 0.4) is 0 Å². The van der Waals surface area contributed by atoms with Crippen molar-refractivity contribution in [3.8, 4) is 5.75 Å². The molecule has 1 aliphatic rings. The van der Waals surface area contributed by atoms with Gasteiger partial charge in [0.1, 0.15) is 24.3 Å². The van der Waals surface area contributed by atoms with Gasteiger partial charge in [0.25, 0.3) is 0 Å². The number of hydrogen-bond acceptors (Lipinski definition) is 4. The Kier molecular flexibility index (Phi) is 5.76. The minimum atomic E-state index is -0.626. The molecule has 5 heteroatoms. The number of hydrogen-bond donors (Lipinski definition) is 3. The van der Waals surface area contributed by atoms with E-state index in [4.69, 9.17) is 4.74 Å². The third kappa shape index (κ3) is 4.74. The summed E-state index contributed by atoms with van der Waals surface area (Å²) in [6.45, 7) is 1.30. The Bertz CT molecular complexity index is 399. The van der Waals surface area contributed by atoms with Gasteiger partial charge < -0.3 is 20.3 Å². The molecule has 2 rings (SSSR count). The number of aliphatic hydroxyl groups is 2. The fourth-order valence-electron chi connectivity index (χ4n) is 2.47. The van der Waals surface area contributed by atoms with E-state index in [1.165, 1.54) is 24.3 Å². The second kappa shape index (κ2) is 7.57. The van der Waals surface area contributed by atoms with Gasteiger partial charge in [-0.2, -0.15) is 0 Å². The van der Waals surface area contributed by atoms with Crippen LogP contribution in [0.2, 0.25) is 0 Å². The molecule has 0 bridgehead atoms. The first-order chi connectivity index (χ1) is 9.65. The van der Waals surface area contributed by atoms with Gasteiger partial charge in [-0.15, -0.1) is 0 Å². The first kappa shape index (κ1) is 15.2. The highest BCUT2D eigenvalue weighted by Gasteiger charge is 2.24. The normalized spacial score (nSPS) is 23.8. The second-order valence-corrected chi connectivity index (χ2v) is 5.34. The van der Waals surface area contributed by atoms with Crippen LogP contribution in [0.1, 0.15) is 19.3 Å². The molecule has 4 nitrogen and oxygen atoms in total. The van der Waals surface area contributed by atoms with Crippen molar-refractivity contribution >= 4 is 0 Å². The largest absolute Gasteiger partial charge is 0.491 e. The van der Waals surface area contributed by atoms with Gasteiger partial charge in [0.15, 0.2) is 0 Å². The topological polar surface area (TPSA) is 61.7 Å². The zero-order valence-corrected chi connectivity index (χ0v) is 11.5. The highest BCUT2D eigenvalue weighted by molar-refractivity contribution is 5.22. The van der Waals surface area contributed by atoms with Gasteiger partial charge in [0.05, 0.1) is 6.10 Å². The van der Waals surface area contributed by atoms with Crippen molar-refractivity contribution in [2.75, 3.05) is 19.7 Å². The average molecular weight is 283 g/mol. The molecule has 20 heavy (non-hydrogen) atoms. The molecule has 0 aliphatic heterocycles. The maximum Gasteiger partial charge on any atom is 0.123 e. The minimum absolute atomic E-state index is 0.159. The molecule has 0 saturated heterocycles.